The lowest BCUT2D eigenvalue weighted by Crippen LogP contribution is -2.55. The minimum atomic E-state index is -0.467. The van der Waals surface area contributed by atoms with Gasteiger partial charge in [-0.25, -0.2) is 0 Å². The fourth-order valence-corrected chi connectivity index (χ4v) is 8.36. The summed E-state index contributed by atoms with van der Waals surface area (Å²) in [5.41, 5.74) is 1.58. The van der Waals surface area contributed by atoms with E-state index in [-0.39, 0.29) is 11.2 Å². The van der Waals surface area contributed by atoms with Crippen LogP contribution in [0.25, 0.3) is 0 Å². The van der Waals surface area contributed by atoms with Crippen LogP contribution in [0.5, 0.6) is 0 Å². The maximum atomic E-state index is 10.9. The number of halogens is 1. The Bertz CT molecular complexity index is 627. The van der Waals surface area contributed by atoms with Gasteiger partial charge >= 0.3 is 0 Å². The Hall–Kier alpha value is 0.350. The smallest absolute Gasteiger partial charge is 0.174 e. The number of ether oxygens (including phenoxy) is 2. The van der Waals surface area contributed by atoms with Gasteiger partial charge < -0.3 is 14.6 Å². The van der Waals surface area contributed by atoms with Crippen molar-refractivity contribution in [1.82, 2.24) is 0 Å². The monoisotopic (exact) mass is 472 g/mol. The van der Waals surface area contributed by atoms with Crippen molar-refractivity contribution in [2.45, 2.75) is 76.6 Å². The van der Waals surface area contributed by atoms with Crippen molar-refractivity contribution in [3.63, 3.8) is 0 Å². The average Bonchev–Trinajstić information content (AvgIpc) is 3.22. The molecule has 1 saturated heterocycles. The van der Waals surface area contributed by atoms with Crippen molar-refractivity contribution in [3.05, 3.63) is 11.6 Å². The first-order valence-electron chi connectivity index (χ1n) is 10.6. The van der Waals surface area contributed by atoms with Crippen LogP contribution in [0.1, 0.15) is 65.2 Å². The highest BCUT2D eigenvalue weighted by Crippen LogP contribution is 2.68. The maximum Gasteiger partial charge on any atom is 0.174 e. The molecule has 6 atom stereocenters. The van der Waals surface area contributed by atoms with E-state index in [1.54, 1.807) is 5.57 Å². The van der Waals surface area contributed by atoms with Crippen molar-refractivity contribution in [2.24, 2.45) is 28.6 Å². The Morgan fingerprint density at radius 1 is 1.08 bits per heavy atom. The number of alkyl halides is 1. The highest BCUT2D eigenvalue weighted by Gasteiger charge is 2.66. The van der Waals surface area contributed by atoms with Crippen LogP contribution in [0.4, 0.5) is 0 Å². The van der Waals surface area contributed by atoms with Gasteiger partial charge in [0.05, 0.1) is 18.8 Å². The van der Waals surface area contributed by atoms with Gasteiger partial charge in [-0.15, -0.1) is 0 Å². The molecule has 0 aromatic rings. The van der Waals surface area contributed by atoms with E-state index in [0.717, 1.165) is 61.1 Å². The summed E-state index contributed by atoms with van der Waals surface area (Å²) in [6, 6.07) is 0. The number of hydrogen-bond donors (Lipinski definition) is 1. The van der Waals surface area contributed by atoms with E-state index in [1.807, 2.05) is 0 Å². The van der Waals surface area contributed by atoms with Crippen molar-refractivity contribution >= 4 is 22.6 Å². The van der Waals surface area contributed by atoms with Gasteiger partial charge in [-0.1, -0.05) is 48.1 Å². The van der Waals surface area contributed by atoms with Crippen molar-refractivity contribution < 1.29 is 14.6 Å². The quantitative estimate of drug-likeness (QED) is 0.337. The normalized spacial score (nSPS) is 52.3. The average molecular weight is 472 g/mol. The second-order valence-corrected chi connectivity index (χ2v) is 11.0. The minimum absolute atomic E-state index is 0.185. The Morgan fingerprint density at radius 3 is 2.54 bits per heavy atom. The molecule has 3 nitrogen and oxygen atoms in total. The molecular formula is C22H33IO3. The largest absolute Gasteiger partial charge is 0.389 e. The van der Waals surface area contributed by atoms with E-state index in [2.05, 4.69) is 42.5 Å². The summed E-state index contributed by atoms with van der Waals surface area (Å²) in [6.45, 7) is 6.52. The third-order valence-electron chi connectivity index (χ3n) is 9.30. The summed E-state index contributed by atoms with van der Waals surface area (Å²) in [6.07, 6.45) is 11.6. The summed E-state index contributed by atoms with van der Waals surface area (Å²) in [5.74, 6) is 1.97. The van der Waals surface area contributed by atoms with Gasteiger partial charge in [0.25, 0.3) is 0 Å². The molecule has 0 aromatic carbocycles. The third kappa shape index (κ3) is 2.28. The molecule has 4 heteroatoms. The Balaban J connectivity index is 1.46. The van der Waals surface area contributed by atoms with E-state index in [4.69, 9.17) is 9.47 Å². The molecule has 1 heterocycles. The molecular weight excluding hydrogens is 439 g/mol. The third-order valence-corrected chi connectivity index (χ3v) is 10.7. The number of fused-ring (bicyclic) bond motifs is 6. The van der Waals surface area contributed by atoms with Crippen LogP contribution in [-0.2, 0) is 9.47 Å². The zero-order valence-electron chi connectivity index (χ0n) is 16.2. The highest BCUT2D eigenvalue weighted by molar-refractivity contribution is 14.1. The van der Waals surface area contributed by atoms with Gasteiger partial charge in [-0.2, -0.15) is 0 Å². The molecule has 1 aliphatic heterocycles. The molecule has 26 heavy (non-hydrogen) atoms. The molecule has 0 unspecified atom stereocenters. The Labute approximate surface area is 171 Å². The SMILES string of the molecule is C[C@]12CC[C@@](O)(CI)CC1=CC[C@@H]1[C@@H]2CC[C@@]2(C)[C@H]1CCC21OCCO1. The Morgan fingerprint density at radius 2 is 1.81 bits per heavy atom. The summed E-state index contributed by atoms with van der Waals surface area (Å²) >= 11 is 2.36. The molecule has 4 aliphatic carbocycles. The van der Waals surface area contributed by atoms with Gasteiger partial charge in [-0.05, 0) is 68.1 Å². The molecule has 5 aliphatic rings. The van der Waals surface area contributed by atoms with Crippen molar-refractivity contribution in [2.75, 3.05) is 17.6 Å². The lowest BCUT2D eigenvalue weighted by Gasteiger charge is -2.59. The van der Waals surface area contributed by atoms with E-state index >= 15 is 0 Å². The fourth-order valence-electron chi connectivity index (χ4n) is 7.71. The highest BCUT2D eigenvalue weighted by atomic mass is 127. The first-order valence-corrected chi connectivity index (χ1v) is 12.1. The standard InChI is InChI=1S/C22H33IO3/c1-19-9-10-21(24,14-23)13-15(19)3-4-16-17(19)5-7-20(2)18(16)6-8-22(20)25-11-12-26-22/h3,16-18,24H,4-14H2,1-2H3/t16-,17+,18+,19+,20+,21+/m1/s1. The topological polar surface area (TPSA) is 38.7 Å². The van der Waals surface area contributed by atoms with Crippen LogP contribution in [0.3, 0.4) is 0 Å². The van der Waals surface area contributed by atoms with Crippen LogP contribution < -0.4 is 0 Å². The fraction of sp³-hybridized carbons (Fsp3) is 0.909. The molecule has 0 amide bonds. The lowest BCUT2D eigenvalue weighted by molar-refractivity contribution is -0.242. The first-order chi connectivity index (χ1) is 12.4. The van der Waals surface area contributed by atoms with Gasteiger partial charge in [-0.3, -0.25) is 0 Å². The van der Waals surface area contributed by atoms with E-state index in [0.29, 0.717) is 5.41 Å². The maximum absolute atomic E-state index is 10.9. The molecule has 1 spiro atoms. The van der Waals surface area contributed by atoms with Gasteiger partial charge in [0.2, 0.25) is 0 Å². The van der Waals surface area contributed by atoms with Crippen molar-refractivity contribution in [3.8, 4) is 0 Å². The molecule has 3 saturated carbocycles. The van der Waals surface area contributed by atoms with Gasteiger partial charge in [0.1, 0.15) is 0 Å². The van der Waals surface area contributed by atoms with Crippen molar-refractivity contribution in [1.29, 1.82) is 0 Å². The summed E-state index contributed by atoms with van der Waals surface area (Å²) < 4.78 is 13.4. The zero-order chi connectivity index (χ0) is 18.2. The first kappa shape index (κ1) is 18.4. The number of hydrogen-bond acceptors (Lipinski definition) is 3. The van der Waals surface area contributed by atoms with E-state index in [9.17, 15) is 5.11 Å². The van der Waals surface area contributed by atoms with Gasteiger partial charge in [0, 0.05) is 16.3 Å². The molecule has 5 rings (SSSR count). The number of allylic oxidation sites excluding steroid dienone is 1. The molecule has 146 valence electrons. The molecule has 1 N–H and O–H groups in total. The van der Waals surface area contributed by atoms with Crippen LogP contribution in [0.2, 0.25) is 0 Å². The van der Waals surface area contributed by atoms with E-state index in [1.165, 1.54) is 25.7 Å². The molecule has 0 radical (unpaired) electrons. The number of rotatable bonds is 1. The zero-order valence-corrected chi connectivity index (χ0v) is 18.4. The number of aliphatic hydroxyl groups is 1. The van der Waals surface area contributed by atoms with Crippen LogP contribution >= 0.6 is 22.6 Å². The van der Waals surface area contributed by atoms with Crippen LogP contribution in [-0.4, -0.2) is 34.1 Å². The molecule has 0 bridgehead atoms. The molecule has 4 fully saturated rings. The summed E-state index contributed by atoms with van der Waals surface area (Å²) in [4.78, 5) is 0. The minimum Gasteiger partial charge on any atom is -0.389 e. The predicted molar refractivity (Wildman–Crippen MR) is 110 cm³/mol. The van der Waals surface area contributed by atoms with Crippen LogP contribution in [0.15, 0.2) is 11.6 Å². The second kappa shape index (κ2) is 5.93. The van der Waals surface area contributed by atoms with Gasteiger partial charge in [0.15, 0.2) is 5.79 Å². The molecule has 0 aromatic heterocycles. The summed E-state index contributed by atoms with van der Waals surface area (Å²) in [7, 11) is 0. The predicted octanol–water partition coefficient (Wildman–Crippen LogP) is 4.86. The second-order valence-electron chi connectivity index (χ2n) is 10.2. The van der Waals surface area contributed by atoms with Crippen LogP contribution in [0, 0.1) is 28.6 Å². The lowest BCUT2D eigenvalue weighted by atomic mass is 9.47. The Kier molecular flexibility index (Phi) is 4.19. The summed E-state index contributed by atoms with van der Waals surface area (Å²) in [5, 5.41) is 10.9. The van der Waals surface area contributed by atoms with E-state index < -0.39 is 5.60 Å².